The van der Waals surface area contributed by atoms with E-state index in [1.165, 1.54) is 0 Å². The van der Waals surface area contributed by atoms with Crippen LogP contribution in [0.3, 0.4) is 0 Å². The van der Waals surface area contributed by atoms with Crippen molar-refractivity contribution in [3.8, 4) is 11.5 Å². The summed E-state index contributed by atoms with van der Waals surface area (Å²) in [5.41, 5.74) is 1.67. The number of rotatable bonds is 25. The van der Waals surface area contributed by atoms with Crippen LogP contribution in [0.5, 0.6) is 11.5 Å². The van der Waals surface area contributed by atoms with E-state index < -0.39 is 12.2 Å². The molecule has 0 fully saturated rings. The van der Waals surface area contributed by atoms with Crippen molar-refractivity contribution in [2.24, 2.45) is 11.8 Å². The van der Waals surface area contributed by atoms with Gasteiger partial charge < -0.3 is 29.5 Å². The molecular formula is C34H52Cl4N2O4. The van der Waals surface area contributed by atoms with Gasteiger partial charge in [0, 0.05) is 74.6 Å². The minimum atomic E-state index is -0.710. The summed E-state index contributed by atoms with van der Waals surface area (Å²) in [7, 11) is 0. The fraction of sp³-hybridized carbons (Fsp3) is 0.647. The molecule has 0 radical (unpaired) electrons. The summed E-state index contributed by atoms with van der Waals surface area (Å²) in [4.78, 5) is 4.42. The molecular weight excluding hydrogens is 642 g/mol. The Hall–Kier alpha value is -0.960. The highest BCUT2D eigenvalue weighted by atomic mass is 35.5. The zero-order valence-electron chi connectivity index (χ0n) is 26.4. The highest BCUT2D eigenvalue weighted by Crippen LogP contribution is 2.34. The molecule has 0 bridgehead atoms. The third kappa shape index (κ3) is 14.2. The molecule has 0 aliphatic heterocycles. The van der Waals surface area contributed by atoms with Crippen LogP contribution in [0, 0.1) is 11.8 Å². The van der Waals surface area contributed by atoms with Crippen molar-refractivity contribution in [3.63, 3.8) is 0 Å². The molecule has 0 spiro atoms. The second-order valence-electron chi connectivity index (χ2n) is 11.2. The Balaban J connectivity index is 2.32. The third-order valence-electron chi connectivity index (χ3n) is 7.78. The minimum absolute atomic E-state index is 0.113. The van der Waals surface area contributed by atoms with Crippen molar-refractivity contribution in [3.05, 3.63) is 59.7 Å². The van der Waals surface area contributed by atoms with E-state index in [1.54, 1.807) is 0 Å². The summed E-state index contributed by atoms with van der Waals surface area (Å²) in [5, 5.41) is 23.4. The number of hydrogen-bond acceptors (Lipinski definition) is 6. The predicted molar refractivity (Wildman–Crippen MR) is 186 cm³/mol. The van der Waals surface area contributed by atoms with Crippen LogP contribution in [0.15, 0.2) is 48.5 Å². The molecule has 6 nitrogen and oxygen atoms in total. The first-order valence-corrected chi connectivity index (χ1v) is 18.0. The first-order chi connectivity index (χ1) is 21.4. The number of halogens is 4. The van der Waals surface area contributed by atoms with E-state index in [0.29, 0.717) is 88.8 Å². The van der Waals surface area contributed by atoms with Crippen LogP contribution in [0.25, 0.3) is 0 Å². The zero-order valence-corrected chi connectivity index (χ0v) is 29.4. The summed E-state index contributed by atoms with van der Waals surface area (Å²) >= 11 is 24.5. The molecule has 2 aromatic rings. The van der Waals surface area contributed by atoms with Crippen molar-refractivity contribution >= 4 is 46.4 Å². The van der Waals surface area contributed by atoms with Gasteiger partial charge in [0.05, 0.1) is 25.4 Å². The van der Waals surface area contributed by atoms with E-state index in [2.05, 4.69) is 23.6 Å². The molecule has 0 saturated heterocycles. The Bertz CT molecular complexity index is 895. The Morgan fingerprint density at radius 1 is 0.568 bits per heavy atom. The molecule has 2 aromatic carbocycles. The molecule has 10 heteroatoms. The number of aliphatic hydroxyl groups excluding tert-OH is 2. The van der Waals surface area contributed by atoms with E-state index in [4.69, 9.17) is 55.9 Å². The van der Waals surface area contributed by atoms with Gasteiger partial charge >= 0.3 is 0 Å². The van der Waals surface area contributed by atoms with E-state index >= 15 is 0 Å². The van der Waals surface area contributed by atoms with Crippen molar-refractivity contribution in [1.29, 1.82) is 0 Å². The molecule has 0 saturated carbocycles. The van der Waals surface area contributed by atoms with Crippen molar-refractivity contribution in [2.75, 3.05) is 76.0 Å². The van der Waals surface area contributed by atoms with E-state index in [1.807, 2.05) is 48.5 Å². The summed E-state index contributed by atoms with van der Waals surface area (Å²) in [6.07, 6.45) is 1.81. The van der Waals surface area contributed by atoms with Crippen molar-refractivity contribution in [1.82, 2.24) is 9.80 Å². The maximum atomic E-state index is 11.7. The second-order valence-corrected chi connectivity index (χ2v) is 12.7. The lowest BCUT2D eigenvalue weighted by molar-refractivity contribution is 0.0469. The average molecular weight is 695 g/mol. The lowest BCUT2D eigenvalue weighted by Crippen LogP contribution is -2.37. The van der Waals surface area contributed by atoms with Crippen LogP contribution in [-0.4, -0.2) is 96.0 Å². The van der Waals surface area contributed by atoms with Crippen LogP contribution in [0.2, 0.25) is 0 Å². The van der Waals surface area contributed by atoms with Crippen molar-refractivity contribution in [2.45, 2.75) is 51.7 Å². The molecule has 0 aromatic heterocycles. The molecule has 0 aliphatic carbocycles. The maximum Gasteiger partial charge on any atom is 0.119 e. The monoisotopic (exact) mass is 692 g/mol. The summed E-state index contributed by atoms with van der Waals surface area (Å²) in [6.45, 7) is 9.43. The van der Waals surface area contributed by atoms with Gasteiger partial charge in [0.2, 0.25) is 0 Å². The molecule has 4 atom stereocenters. The van der Waals surface area contributed by atoms with Crippen molar-refractivity contribution < 1.29 is 19.7 Å². The van der Waals surface area contributed by atoms with Gasteiger partial charge in [-0.25, -0.2) is 0 Å². The number of ether oxygens (including phenoxy) is 2. The number of nitrogens with zero attached hydrogens (tertiary/aromatic N) is 2. The van der Waals surface area contributed by atoms with Gasteiger partial charge in [0.15, 0.2) is 0 Å². The van der Waals surface area contributed by atoms with Crippen LogP contribution in [-0.2, 0) is 0 Å². The topological polar surface area (TPSA) is 65.4 Å². The van der Waals surface area contributed by atoms with Gasteiger partial charge in [-0.1, -0.05) is 38.1 Å². The van der Waals surface area contributed by atoms with Crippen LogP contribution >= 0.6 is 46.4 Å². The molecule has 0 unspecified atom stereocenters. The number of benzene rings is 2. The van der Waals surface area contributed by atoms with E-state index in [0.717, 1.165) is 35.5 Å². The van der Waals surface area contributed by atoms with E-state index in [9.17, 15) is 10.2 Å². The second kappa shape index (κ2) is 23.4. The largest absolute Gasteiger partial charge is 0.494 e. The van der Waals surface area contributed by atoms with Gasteiger partial charge in [-0.2, -0.15) is 0 Å². The number of aliphatic hydroxyl groups is 2. The van der Waals surface area contributed by atoms with Crippen LogP contribution < -0.4 is 9.47 Å². The summed E-state index contributed by atoms with van der Waals surface area (Å²) in [5.74, 6) is 3.28. The Labute approximate surface area is 285 Å². The van der Waals surface area contributed by atoms with Crippen LogP contribution in [0.1, 0.15) is 62.9 Å². The molecule has 0 heterocycles. The average Bonchev–Trinajstić information content (AvgIpc) is 3.04. The quantitative estimate of drug-likeness (QED) is 0.104. The lowest BCUT2D eigenvalue weighted by Gasteiger charge is -2.34. The molecule has 0 aliphatic rings. The molecule has 44 heavy (non-hydrogen) atoms. The first kappa shape index (κ1) is 39.2. The smallest absolute Gasteiger partial charge is 0.119 e. The normalized spacial score (nSPS) is 14.5. The summed E-state index contributed by atoms with van der Waals surface area (Å²) in [6, 6.07) is 15.4. The van der Waals surface area contributed by atoms with Gasteiger partial charge in [0.25, 0.3) is 0 Å². The standard InChI is InChI=1S/C34H52Cl4N2O4/c1-3-23-43-31-11-7-27(8-12-31)33(41)29(25-39(19-15-35)20-16-36)5-6-30(26-40(21-17-37)22-18-38)34(42)28-9-13-32(14-10-28)44-24-4-2/h7-14,29-30,33-34,41-42H,3-6,15-26H2,1-2H3/t29-,30+,33-,34-/m0/s1. The Morgan fingerprint density at radius 3 is 1.16 bits per heavy atom. The summed E-state index contributed by atoms with van der Waals surface area (Å²) < 4.78 is 11.5. The number of hydrogen-bond donors (Lipinski definition) is 2. The molecule has 250 valence electrons. The lowest BCUT2D eigenvalue weighted by atomic mass is 9.84. The predicted octanol–water partition coefficient (Wildman–Crippen LogP) is 7.60. The third-order valence-corrected chi connectivity index (χ3v) is 8.45. The maximum absolute atomic E-state index is 11.7. The highest BCUT2D eigenvalue weighted by molar-refractivity contribution is 6.18. The minimum Gasteiger partial charge on any atom is -0.494 e. The van der Waals surface area contributed by atoms with Crippen LogP contribution in [0.4, 0.5) is 0 Å². The van der Waals surface area contributed by atoms with Gasteiger partial charge in [-0.05, 0) is 61.1 Å². The molecule has 2 rings (SSSR count). The highest BCUT2D eigenvalue weighted by Gasteiger charge is 2.29. The first-order valence-electron chi connectivity index (χ1n) is 15.9. The molecule has 2 N–H and O–H groups in total. The van der Waals surface area contributed by atoms with Gasteiger partial charge in [0.1, 0.15) is 11.5 Å². The number of alkyl halides is 4. The zero-order chi connectivity index (χ0) is 32.2. The van der Waals surface area contributed by atoms with Gasteiger partial charge in [-0.15, -0.1) is 46.4 Å². The fourth-order valence-electron chi connectivity index (χ4n) is 5.36. The van der Waals surface area contributed by atoms with E-state index in [-0.39, 0.29) is 11.8 Å². The Kier molecular flexibility index (Phi) is 20.8. The fourth-order valence-corrected chi connectivity index (χ4v) is 6.32. The van der Waals surface area contributed by atoms with Gasteiger partial charge in [-0.3, -0.25) is 0 Å². The SMILES string of the molecule is CCCOc1ccc([C@H](O)[C@H](CC[C@@H](CN(CCCl)CCCl)[C@@H](O)c2ccc(OCCC)cc2)CN(CCCl)CCCl)cc1. The Morgan fingerprint density at radius 2 is 0.886 bits per heavy atom. The molecule has 0 amide bonds.